The van der Waals surface area contributed by atoms with E-state index in [2.05, 4.69) is 10.6 Å². The molecule has 1 heterocycles. The highest BCUT2D eigenvalue weighted by molar-refractivity contribution is 6.00. The van der Waals surface area contributed by atoms with Gasteiger partial charge in [-0.2, -0.15) is 0 Å². The van der Waals surface area contributed by atoms with E-state index in [9.17, 15) is 19.2 Å². The third-order valence-corrected chi connectivity index (χ3v) is 4.57. The van der Waals surface area contributed by atoms with E-state index in [1.165, 1.54) is 0 Å². The highest BCUT2D eigenvalue weighted by Crippen LogP contribution is 2.29. The molecule has 0 saturated carbocycles. The van der Waals surface area contributed by atoms with Crippen molar-refractivity contribution in [3.05, 3.63) is 29.3 Å². The summed E-state index contributed by atoms with van der Waals surface area (Å²) in [4.78, 5) is 49.4. The van der Waals surface area contributed by atoms with Gasteiger partial charge in [0.05, 0.1) is 12.5 Å². The lowest BCUT2D eigenvalue weighted by Gasteiger charge is -2.20. The Bertz CT molecular complexity index is 775. The van der Waals surface area contributed by atoms with Crippen LogP contribution in [0.3, 0.4) is 0 Å². The van der Waals surface area contributed by atoms with Crippen LogP contribution in [0.25, 0.3) is 0 Å². The largest absolute Gasteiger partial charge is 0.455 e. The minimum Gasteiger partial charge on any atom is -0.455 e. The van der Waals surface area contributed by atoms with Gasteiger partial charge >= 0.3 is 5.97 Å². The number of aryl methyl sites for hydroxylation is 1. The average Bonchev–Trinajstić information content (AvgIpc) is 3.01. The second-order valence-electron chi connectivity index (χ2n) is 7.23. The third kappa shape index (κ3) is 5.55. The maximum absolute atomic E-state index is 12.4. The van der Waals surface area contributed by atoms with Crippen LogP contribution in [0.2, 0.25) is 0 Å². The van der Waals surface area contributed by atoms with E-state index in [1.54, 1.807) is 4.90 Å². The number of carbonyl (C=O) groups is 4. The minimum absolute atomic E-state index is 0.0258. The molecule has 0 radical (unpaired) electrons. The molecule has 28 heavy (non-hydrogen) atoms. The molecule has 2 rings (SSSR count). The second-order valence-corrected chi connectivity index (χ2v) is 7.23. The first-order valence-electron chi connectivity index (χ1n) is 9.28. The predicted molar refractivity (Wildman–Crippen MR) is 104 cm³/mol. The van der Waals surface area contributed by atoms with Gasteiger partial charge in [0.25, 0.3) is 5.91 Å². The smallest absolute Gasteiger partial charge is 0.311 e. The lowest BCUT2D eigenvalue weighted by molar-refractivity contribution is -0.152. The van der Waals surface area contributed by atoms with E-state index >= 15 is 0 Å². The Kier molecular flexibility index (Phi) is 7.14. The van der Waals surface area contributed by atoms with Crippen molar-refractivity contribution in [1.82, 2.24) is 10.6 Å². The van der Waals surface area contributed by atoms with Crippen molar-refractivity contribution in [1.29, 1.82) is 0 Å². The third-order valence-electron chi connectivity index (χ3n) is 4.57. The van der Waals surface area contributed by atoms with Gasteiger partial charge in [-0.25, -0.2) is 0 Å². The standard InChI is InChI=1S/C20H27N3O5/c1-12(2)22-17(24)9-21-18(25)11-28-20(27)15-8-19(26)23(10-15)16-7-5-6-13(3)14(16)4/h5-7,12,15H,8-11H2,1-4H3,(H,21,25)(H,22,24)/t15-/m0/s1. The summed E-state index contributed by atoms with van der Waals surface area (Å²) in [5, 5.41) is 5.02. The molecule has 1 saturated heterocycles. The Balaban J connectivity index is 1.84. The molecule has 3 amide bonds. The van der Waals surface area contributed by atoms with Gasteiger partial charge in [-0.1, -0.05) is 12.1 Å². The zero-order valence-corrected chi connectivity index (χ0v) is 16.7. The topological polar surface area (TPSA) is 105 Å². The lowest BCUT2D eigenvalue weighted by atomic mass is 10.1. The number of esters is 1. The van der Waals surface area contributed by atoms with Crippen molar-refractivity contribution in [2.75, 3.05) is 24.6 Å². The number of rotatable bonds is 7. The van der Waals surface area contributed by atoms with Crippen LogP contribution in [-0.4, -0.2) is 49.4 Å². The predicted octanol–water partition coefficient (Wildman–Crippen LogP) is 0.840. The van der Waals surface area contributed by atoms with Crippen molar-refractivity contribution >= 4 is 29.4 Å². The average molecular weight is 389 g/mol. The maximum Gasteiger partial charge on any atom is 0.311 e. The molecule has 1 atom stereocenters. The van der Waals surface area contributed by atoms with Crippen molar-refractivity contribution < 1.29 is 23.9 Å². The summed E-state index contributed by atoms with van der Waals surface area (Å²) in [6.45, 7) is 7.08. The van der Waals surface area contributed by atoms with Gasteiger partial charge in [0.2, 0.25) is 11.8 Å². The SMILES string of the molecule is Cc1cccc(N2C[C@@H](C(=O)OCC(=O)NCC(=O)NC(C)C)CC2=O)c1C. The van der Waals surface area contributed by atoms with E-state index in [-0.39, 0.29) is 37.4 Å². The zero-order chi connectivity index (χ0) is 20.8. The molecule has 1 fully saturated rings. The molecule has 8 nitrogen and oxygen atoms in total. The summed E-state index contributed by atoms with van der Waals surface area (Å²) in [6.07, 6.45) is 0.0463. The van der Waals surface area contributed by atoms with Crippen LogP contribution in [0.1, 0.15) is 31.4 Å². The van der Waals surface area contributed by atoms with Crippen molar-refractivity contribution in [2.45, 2.75) is 40.2 Å². The highest BCUT2D eigenvalue weighted by atomic mass is 16.5. The fourth-order valence-electron chi connectivity index (χ4n) is 2.98. The summed E-state index contributed by atoms with van der Waals surface area (Å²) in [5.74, 6) is -2.25. The van der Waals surface area contributed by atoms with Crippen molar-refractivity contribution in [3.8, 4) is 0 Å². The van der Waals surface area contributed by atoms with Gasteiger partial charge in [0, 0.05) is 24.7 Å². The number of amides is 3. The van der Waals surface area contributed by atoms with Crippen LogP contribution in [0.5, 0.6) is 0 Å². The Hall–Kier alpha value is -2.90. The van der Waals surface area contributed by atoms with Crippen molar-refractivity contribution in [3.63, 3.8) is 0 Å². The van der Waals surface area contributed by atoms with Gasteiger partial charge in [-0.3, -0.25) is 19.2 Å². The molecule has 1 aromatic carbocycles. The van der Waals surface area contributed by atoms with Crippen LogP contribution < -0.4 is 15.5 Å². The fourth-order valence-corrected chi connectivity index (χ4v) is 2.98. The summed E-state index contributed by atoms with van der Waals surface area (Å²) < 4.78 is 5.03. The zero-order valence-electron chi connectivity index (χ0n) is 16.7. The Labute approximate surface area is 164 Å². The molecule has 0 aliphatic carbocycles. The number of benzene rings is 1. The number of carbonyl (C=O) groups excluding carboxylic acids is 4. The van der Waals surface area contributed by atoms with Crippen LogP contribution in [0.4, 0.5) is 5.69 Å². The molecule has 0 bridgehead atoms. The van der Waals surface area contributed by atoms with Gasteiger partial charge in [0.15, 0.2) is 6.61 Å². The van der Waals surface area contributed by atoms with E-state index in [1.807, 2.05) is 45.9 Å². The number of anilines is 1. The van der Waals surface area contributed by atoms with E-state index in [0.717, 1.165) is 16.8 Å². The number of hydrogen-bond donors (Lipinski definition) is 2. The second kappa shape index (κ2) is 9.34. The summed E-state index contributed by atoms with van der Waals surface area (Å²) in [6, 6.07) is 5.66. The molecule has 1 aliphatic heterocycles. The number of ether oxygens (including phenoxy) is 1. The Morgan fingerprint density at radius 2 is 1.93 bits per heavy atom. The summed E-state index contributed by atoms with van der Waals surface area (Å²) in [5.41, 5.74) is 2.84. The monoisotopic (exact) mass is 389 g/mol. The molecular formula is C20H27N3O5. The Morgan fingerprint density at radius 1 is 1.21 bits per heavy atom. The first kappa shape index (κ1) is 21.4. The normalized spacial score (nSPS) is 16.2. The first-order valence-corrected chi connectivity index (χ1v) is 9.28. The molecular weight excluding hydrogens is 362 g/mol. The molecule has 0 unspecified atom stereocenters. The van der Waals surface area contributed by atoms with Crippen LogP contribution >= 0.6 is 0 Å². The van der Waals surface area contributed by atoms with Crippen molar-refractivity contribution in [2.24, 2.45) is 5.92 Å². The van der Waals surface area contributed by atoms with Gasteiger partial charge < -0.3 is 20.3 Å². The van der Waals surface area contributed by atoms with Crippen LogP contribution in [0, 0.1) is 19.8 Å². The molecule has 0 spiro atoms. The Morgan fingerprint density at radius 3 is 2.61 bits per heavy atom. The number of hydrogen-bond acceptors (Lipinski definition) is 5. The van der Waals surface area contributed by atoms with Gasteiger partial charge in [-0.05, 0) is 44.9 Å². The minimum atomic E-state index is -0.621. The van der Waals surface area contributed by atoms with Gasteiger partial charge in [-0.15, -0.1) is 0 Å². The molecule has 8 heteroatoms. The molecule has 152 valence electrons. The molecule has 1 aromatic rings. The van der Waals surface area contributed by atoms with E-state index in [0.29, 0.717) is 0 Å². The van der Waals surface area contributed by atoms with Crippen LogP contribution in [-0.2, 0) is 23.9 Å². The van der Waals surface area contributed by atoms with Gasteiger partial charge in [0.1, 0.15) is 0 Å². The lowest BCUT2D eigenvalue weighted by Crippen LogP contribution is -2.41. The maximum atomic E-state index is 12.4. The fraction of sp³-hybridized carbons (Fsp3) is 0.500. The highest BCUT2D eigenvalue weighted by Gasteiger charge is 2.37. The molecule has 0 aromatic heterocycles. The summed E-state index contributed by atoms with van der Waals surface area (Å²) in [7, 11) is 0. The number of nitrogens with one attached hydrogen (secondary N) is 2. The van der Waals surface area contributed by atoms with E-state index < -0.39 is 24.4 Å². The van der Waals surface area contributed by atoms with Crippen LogP contribution in [0.15, 0.2) is 18.2 Å². The summed E-state index contributed by atoms with van der Waals surface area (Å²) >= 11 is 0. The molecule has 1 aliphatic rings. The quantitative estimate of drug-likeness (QED) is 0.673. The van der Waals surface area contributed by atoms with E-state index in [4.69, 9.17) is 4.74 Å². The number of nitrogens with zero attached hydrogens (tertiary/aromatic N) is 1. The first-order chi connectivity index (χ1) is 13.2. The molecule has 2 N–H and O–H groups in total.